The van der Waals surface area contributed by atoms with Crippen molar-refractivity contribution < 1.29 is 13.9 Å². The van der Waals surface area contributed by atoms with Gasteiger partial charge in [-0.25, -0.2) is 0 Å². The Morgan fingerprint density at radius 3 is 1.89 bits per heavy atom. The van der Waals surface area contributed by atoms with Crippen molar-refractivity contribution in [1.82, 2.24) is 0 Å². The molecule has 0 amide bonds. The number of methoxy groups -OCH3 is 2. The molecular formula is C34H50O3Si. The third kappa shape index (κ3) is 6.42. The average Bonchev–Trinajstić information content (AvgIpc) is 2.89. The van der Waals surface area contributed by atoms with Gasteiger partial charge in [-0.2, -0.15) is 0 Å². The van der Waals surface area contributed by atoms with E-state index in [9.17, 15) is 0 Å². The third-order valence-corrected chi connectivity index (χ3v) is 13.7. The lowest BCUT2D eigenvalue weighted by molar-refractivity contribution is -0.168. The van der Waals surface area contributed by atoms with Crippen molar-refractivity contribution in [3.05, 3.63) is 85.0 Å². The molecule has 38 heavy (non-hydrogen) atoms. The highest BCUT2D eigenvalue weighted by Crippen LogP contribution is 2.45. The van der Waals surface area contributed by atoms with Gasteiger partial charge in [0.05, 0.1) is 0 Å². The summed E-state index contributed by atoms with van der Waals surface area (Å²) in [5.74, 6) is 1.61. The quantitative estimate of drug-likeness (QED) is 0.162. The first kappa shape index (κ1) is 30.6. The Kier molecular flexibility index (Phi) is 10.8. The molecular weight excluding hydrogens is 484 g/mol. The van der Waals surface area contributed by atoms with E-state index in [1.54, 1.807) is 14.2 Å². The molecule has 0 fully saturated rings. The maximum absolute atomic E-state index is 7.62. The number of ether oxygens (including phenoxy) is 2. The summed E-state index contributed by atoms with van der Waals surface area (Å²) in [5.41, 5.74) is 1.42. The smallest absolute Gasteiger partial charge is 0.261 e. The van der Waals surface area contributed by atoms with Crippen LogP contribution in [0.3, 0.4) is 0 Å². The maximum Gasteiger partial charge on any atom is 0.261 e. The molecule has 1 aliphatic rings. The number of benzene rings is 2. The summed E-state index contributed by atoms with van der Waals surface area (Å²) in [6, 6.07) is 21.9. The molecule has 0 aliphatic heterocycles. The summed E-state index contributed by atoms with van der Waals surface area (Å²) >= 11 is 0. The Morgan fingerprint density at radius 1 is 0.947 bits per heavy atom. The van der Waals surface area contributed by atoms with Crippen LogP contribution in [0.15, 0.2) is 85.0 Å². The highest BCUT2D eigenvalue weighted by molar-refractivity contribution is 6.99. The molecule has 0 radical (unpaired) electrons. The summed E-state index contributed by atoms with van der Waals surface area (Å²) < 4.78 is 19.5. The standard InChI is InChI=1S/C34H50O3Si/c1-10-17-27(24-31-26(4)22-23-30(25(2)3)32(31)33(35-8)36-9)37-38(34(5,6)7,28-18-13-11-14-19-28)29-20-15-12-16-21-29/h10-16,18-22,25,27,30-33H,1,17,23-24H2,2-9H3/t27-,30-,31?,32-/m1/s1. The SMILES string of the molecule is C=CC[C@H](CC1C(C)=CC[C@H](C(C)C)[C@H]1C(OC)OC)O[Si](c1ccccc1)(c1ccccc1)C(C)(C)C. The van der Waals surface area contributed by atoms with Crippen molar-refractivity contribution in [3.63, 3.8) is 0 Å². The van der Waals surface area contributed by atoms with Crippen LogP contribution in [-0.4, -0.2) is 34.9 Å². The Balaban J connectivity index is 2.12. The van der Waals surface area contributed by atoms with Crippen LogP contribution in [0.25, 0.3) is 0 Å². The monoisotopic (exact) mass is 534 g/mol. The fraction of sp³-hybridized carbons (Fsp3) is 0.529. The molecule has 0 saturated carbocycles. The lowest BCUT2D eigenvalue weighted by atomic mass is 9.66. The van der Waals surface area contributed by atoms with Crippen LogP contribution < -0.4 is 10.4 Å². The second-order valence-electron chi connectivity index (χ2n) is 12.3. The molecule has 3 rings (SSSR count). The normalized spacial score (nSPS) is 21.4. The van der Waals surface area contributed by atoms with E-state index >= 15 is 0 Å². The molecule has 0 spiro atoms. The Hall–Kier alpha value is -1.98. The topological polar surface area (TPSA) is 27.7 Å². The lowest BCUT2D eigenvalue weighted by Gasteiger charge is -2.47. The minimum Gasteiger partial charge on any atom is -0.404 e. The largest absolute Gasteiger partial charge is 0.404 e. The number of hydrogen-bond donors (Lipinski definition) is 0. The van der Waals surface area contributed by atoms with E-state index in [0.29, 0.717) is 17.8 Å². The molecule has 1 unspecified atom stereocenters. The van der Waals surface area contributed by atoms with E-state index in [4.69, 9.17) is 13.9 Å². The molecule has 1 aliphatic carbocycles. The summed E-state index contributed by atoms with van der Waals surface area (Å²) in [6.07, 6.45) is 7.04. The summed E-state index contributed by atoms with van der Waals surface area (Å²) in [5, 5.41) is 2.55. The number of hydrogen-bond acceptors (Lipinski definition) is 3. The Labute approximate surface area is 233 Å². The van der Waals surface area contributed by atoms with Gasteiger partial charge in [0.1, 0.15) is 0 Å². The summed E-state index contributed by atoms with van der Waals surface area (Å²) in [7, 11) is 0.858. The maximum atomic E-state index is 7.62. The van der Waals surface area contributed by atoms with Gasteiger partial charge in [0.15, 0.2) is 6.29 Å². The van der Waals surface area contributed by atoms with Crippen LogP contribution in [0.2, 0.25) is 5.04 Å². The van der Waals surface area contributed by atoms with E-state index in [-0.39, 0.29) is 23.4 Å². The van der Waals surface area contributed by atoms with E-state index in [2.05, 4.69) is 115 Å². The fourth-order valence-corrected chi connectivity index (χ4v) is 11.4. The van der Waals surface area contributed by atoms with Gasteiger partial charge in [-0.3, -0.25) is 0 Å². The van der Waals surface area contributed by atoms with E-state index in [0.717, 1.165) is 19.3 Å². The van der Waals surface area contributed by atoms with Gasteiger partial charge < -0.3 is 13.9 Å². The first-order chi connectivity index (χ1) is 18.1. The van der Waals surface area contributed by atoms with E-state index < -0.39 is 8.32 Å². The lowest BCUT2D eigenvalue weighted by Crippen LogP contribution is -2.67. The van der Waals surface area contributed by atoms with Crippen LogP contribution in [0.1, 0.15) is 60.8 Å². The predicted molar refractivity (Wildman–Crippen MR) is 163 cm³/mol. The second kappa shape index (κ2) is 13.4. The van der Waals surface area contributed by atoms with Gasteiger partial charge in [-0.15, -0.1) is 6.58 Å². The summed E-state index contributed by atoms with van der Waals surface area (Å²) in [4.78, 5) is 0. The van der Waals surface area contributed by atoms with Crippen LogP contribution in [0.5, 0.6) is 0 Å². The van der Waals surface area contributed by atoms with Crippen molar-refractivity contribution in [3.8, 4) is 0 Å². The minimum atomic E-state index is -2.69. The first-order valence-corrected chi connectivity index (χ1v) is 16.1. The number of allylic oxidation sites excluding steroid dienone is 2. The zero-order valence-electron chi connectivity index (χ0n) is 24.9. The van der Waals surface area contributed by atoms with Gasteiger partial charge in [0.2, 0.25) is 0 Å². The van der Waals surface area contributed by atoms with Gasteiger partial charge >= 0.3 is 0 Å². The molecule has 4 heteroatoms. The minimum absolute atomic E-state index is 0.0231. The number of rotatable bonds is 12. The fourth-order valence-electron chi connectivity index (χ4n) is 6.70. The van der Waals surface area contributed by atoms with Gasteiger partial charge in [-0.05, 0) is 59.4 Å². The van der Waals surface area contributed by atoms with Gasteiger partial charge in [0.25, 0.3) is 8.32 Å². The van der Waals surface area contributed by atoms with Gasteiger partial charge in [-0.1, -0.05) is 113 Å². The Morgan fingerprint density at radius 2 is 1.47 bits per heavy atom. The van der Waals surface area contributed by atoms with Crippen molar-refractivity contribution in [2.75, 3.05) is 14.2 Å². The first-order valence-electron chi connectivity index (χ1n) is 14.2. The highest BCUT2D eigenvalue weighted by Gasteiger charge is 2.52. The molecule has 4 atom stereocenters. The molecule has 0 saturated heterocycles. The van der Waals surface area contributed by atoms with Crippen LogP contribution in [0, 0.1) is 23.7 Å². The molecule has 0 aromatic heterocycles. The zero-order chi connectivity index (χ0) is 27.9. The molecule has 0 N–H and O–H groups in total. The predicted octanol–water partition coefficient (Wildman–Crippen LogP) is 7.37. The van der Waals surface area contributed by atoms with Crippen LogP contribution >= 0.6 is 0 Å². The summed E-state index contributed by atoms with van der Waals surface area (Å²) in [6.45, 7) is 18.1. The third-order valence-electron chi connectivity index (χ3n) is 8.60. The molecule has 0 heterocycles. The van der Waals surface area contributed by atoms with Crippen LogP contribution in [-0.2, 0) is 13.9 Å². The highest BCUT2D eigenvalue weighted by atomic mass is 28.4. The van der Waals surface area contributed by atoms with E-state index in [1.807, 2.05) is 6.08 Å². The molecule has 2 aromatic carbocycles. The van der Waals surface area contributed by atoms with Crippen molar-refractivity contribution >= 4 is 18.7 Å². The Bertz CT molecular complexity index is 981. The van der Waals surface area contributed by atoms with E-state index in [1.165, 1.54) is 15.9 Å². The second-order valence-corrected chi connectivity index (χ2v) is 16.5. The van der Waals surface area contributed by atoms with Gasteiger partial charge in [0, 0.05) is 26.2 Å². The zero-order valence-corrected chi connectivity index (χ0v) is 25.9. The molecule has 0 bridgehead atoms. The molecule has 3 nitrogen and oxygen atoms in total. The van der Waals surface area contributed by atoms with Crippen molar-refractivity contribution in [2.24, 2.45) is 23.7 Å². The van der Waals surface area contributed by atoms with Crippen molar-refractivity contribution in [1.29, 1.82) is 0 Å². The van der Waals surface area contributed by atoms with Crippen molar-refractivity contribution in [2.45, 2.75) is 78.2 Å². The molecule has 2 aromatic rings. The average molecular weight is 535 g/mol. The molecule has 208 valence electrons. The van der Waals surface area contributed by atoms with Crippen LogP contribution in [0.4, 0.5) is 0 Å².